The zero-order valence-corrected chi connectivity index (χ0v) is 22.7. The summed E-state index contributed by atoms with van der Waals surface area (Å²) in [6.07, 6.45) is 6.28. The Balaban J connectivity index is 1.51. The predicted molar refractivity (Wildman–Crippen MR) is 148 cm³/mol. The number of anilines is 1. The molecule has 4 aromatic rings. The van der Waals surface area contributed by atoms with Crippen molar-refractivity contribution in [2.24, 2.45) is 0 Å². The molecule has 4 heterocycles. The summed E-state index contributed by atoms with van der Waals surface area (Å²) in [4.78, 5) is 33.5. The summed E-state index contributed by atoms with van der Waals surface area (Å²) >= 11 is 0. The largest absolute Gasteiger partial charge is 0.345 e. The number of carbonyl (C=O) groups excluding carboxylic acids is 1. The first-order chi connectivity index (χ1) is 19.1. The van der Waals surface area contributed by atoms with Gasteiger partial charge >= 0.3 is 10.2 Å². The molecular formula is C27H28F2N6O4S. The van der Waals surface area contributed by atoms with Crippen LogP contribution in [0.5, 0.6) is 0 Å². The third kappa shape index (κ3) is 5.15. The van der Waals surface area contributed by atoms with Gasteiger partial charge in [0, 0.05) is 60.8 Å². The van der Waals surface area contributed by atoms with Gasteiger partial charge in [0.1, 0.15) is 11.5 Å². The van der Waals surface area contributed by atoms with Crippen molar-refractivity contribution >= 4 is 32.7 Å². The third-order valence-electron chi connectivity index (χ3n) is 7.17. The van der Waals surface area contributed by atoms with Gasteiger partial charge < -0.3 is 14.9 Å². The summed E-state index contributed by atoms with van der Waals surface area (Å²) in [5, 5.41) is 3.57. The van der Waals surface area contributed by atoms with Crippen LogP contribution in [0.25, 0.3) is 22.2 Å². The van der Waals surface area contributed by atoms with Crippen LogP contribution in [0.4, 0.5) is 14.5 Å². The van der Waals surface area contributed by atoms with Crippen LogP contribution in [0.1, 0.15) is 41.7 Å². The fourth-order valence-electron chi connectivity index (χ4n) is 4.77. The van der Waals surface area contributed by atoms with Crippen LogP contribution in [0, 0.1) is 11.6 Å². The second kappa shape index (κ2) is 10.9. The van der Waals surface area contributed by atoms with E-state index in [9.17, 15) is 22.4 Å². The van der Waals surface area contributed by atoms with E-state index in [1.54, 1.807) is 29.8 Å². The normalized spacial score (nSPS) is 14.6. The average molecular weight is 571 g/mol. The van der Waals surface area contributed by atoms with Gasteiger partial charge in [0.2, 0.25) is 5.78 Å². The van der Waals surface area contributed by atoms with Gasteiger partial charge in [-0.3, -0.25) is 14.3 Å². The molecule has 0 spiro atoms. The maximum atomic E-state index is 15.4. The van der Waals surface area contributed by atoms with Crippen LogP contribution in [0.15, 0.2) is 53.7 Å². The highest BCUT2D eigenvalue weighted by molar-refractivity contribution is 7.90. The SMILES string of the molecule is CCN(C)S(=O)(=O)Nc1ccc(F)c(C(=O)c2c[nH]c3ncc(-c4ccn(C5CCNCC5)c(=O)c4)cc23)c1F. The lowest BCUT2D eigenvalue weighted by atomic mass is 10.00. The topological polar surface area (TPSA) is 129 Å². The van der Waals surface area contributed by atoms with E-state index in [-0.39, 0.29) is 23.7 Å². The number of ketones is 1. The highest BCUT2D eigenvalue weighted by Crippen LogP contribution is 2.30. The number of aromatic amines is 1. The predicted octanol–water partition coefficient (Wildman–Crippen LogP) is 3.43. The Morgan fingerprint density at radius 1 is 1.18 bits per heavy atom. The minimum absolute atomic E-state index is 0.0594. The third-order valence-corrected chi connectivity index (χ3v) is 8.73. The quantitative estimate of drug-likeness (QED) is 0.279. The summed E-state index contributed by atoms with van der Waals surface area (Å²) in [6.45, 7) is 3.39. The number of piperidine rings is 1. The Kier molecular flexibility index (Phi) is 7.53. The van der Waals surface area contributed by atoms with E-state index in [0.29, 0.717) is 22.2 Å². The van der Waals surface area contributed by atoms with Gasteiger partial charge in [-0.2, -0.15) is 12.7 Å². The second-order valence-electron chi connectivity index (χ2n) is 9.60. The van der Waals surface area contributed by atoms with Crippen LogP contribution in [0.2, 0.25) is 0 Å². The smallest absolute Gasteiger partial charge is 0.301 e. The van der Waals surface area contributed by atoms with Crippen molar-refractivity contribution in [2.75, 3.05) is 31.4 Å². The van der Waals surface area contributed by atoms with E-state index in [2.05, 4.69) is 20.0 Å². The van der Waals surface area contributed by atoms with Crippen LogP contribution < -0.4 is 15.6 Å². The van der Waals surface area contributed by atoms with Gasteiger partial charge in [-0.05, 0) is 55.8 Å². The molecule has 1 aliphatic rings. The molecule has 0 saturated carbocycles. The minimum Gasteiger partial charge on any atom is -0.345 e. The Morgan fingerprint density at radius 2 is 1.93 bits per heavy atom. The first kappa shape index (κ1) is 27.6. The van der Waals surface area contributed by atoms with E-state index < -0.39 is 38.9 Å². The molecule has 0 unspecified atom stereocenters. The maximum absolute atomic E-state index is 15.4. The zero-order valence-electron chi connectivity index (χ0n) is 21.9. The van der Waals surface area contributed by atoms with Gasteiger partial charge in [-0.15, -0.1) is 0 Å². The van der Waals surface area contributed by atoms with Crippen molar-refractivity contribution in [3.63, 3.8) is 0 Å². The summed E-state index contributed by atoms with van der Waals surface area (Å²) < 4.78 is 59.7. The standard InChI is InChI=1S/C27H28F2N6O4S/c1-3-34(2)40(38,39)33-22-5-4-21(28)24(25(22)29)26(37)20-15-32-27-19(20)12-17(14-31-27)16-8-11-35(23(36)13-16)18-6-9-30-10-7-18/h4-5,8,11-15,18,30,33H,3,6-7,9-10H2,1-2H3,(H,31,32). The molecule has 3 aromatic heterocycles. The Hall–Kier alpha value is -3.94. The van der Waals surface area contributed by atoms with Crippen molar-refractivity contribution in [3.05, 3.63) is 82.0 Å². The first-order valence-electron chi connectivity index (χ1n) is 12.8. The summed E-state index contributed by atoms with van der Waals surface area (Å²) in [7, 11) is -2.82. The number of hydrogen-bond donors (Lipinski definition) is 3. The van der Waals surface area contributed by atoms with E-state index >= 15 is 4.39 Å². The number of rotatable bonds is 8. The van der Waals surface area contributed by atoms with Crippen molar-refractivity contribution in [3.8, 4) is 11.1 Å². The van der Waals surface area contributed by atoms with Crippen molar-refractivity contribution in [1.29, 1.82) is 0 Å². The molecular weight excluding hydrogens is 542 g/mol. The molecule has 0 atom stereocenters. The summed E-state index contributed by atoms with van der Waals surface area (Å²) in [5.74, 6) is -3.47. The van der Waals surface area contributed by atoms with E-state index in [4.69, 9.17) is 0 Å². The van der Waals surface area contributed by atoms with Gasteiger partial charge in [0.05, 0.1) is 11.3 Å². The average Bonchev–Trinajstić information content (AvgIpc) is 3.38. The molecule has 40 heavy (non-hydrogen) atoms. The Morgan fingerprint density at radius 3 is 2.62 bits per heavy atom. The molecule has 0 aliphatic carbocycles. The number of nitrogens with one attached hydrogen (secondary N) is 3. The van der Waals surface area contributed by atoms with Crippen LogP contribution >= 0.6 is 0 Å². The minimum atomic E-state index is -4.12. The number of hydrogen-bond acceptors (Lipinski definition) is 6. The van der Waals surface area contributed by atoms with Crippen LogP contribution in [0.3, 0.4) is 0 Å². The lowest BCUT2D eigenvalue weighted by Gasteiger charge is -2.24. The number of pyridine rings is 2. The van der Waals surface area contributed by atoms with E-state index in [0.717, 1.165) is 42.4 Å². The monoisotopic (exact) mass is 570 g/mol. The number of H-pyrrole nitrogens is 1. The highest BCUT2D eigenvalue weighted by Gasteiger charge is 2.27. The number of carbonyl (C=O) groups is 1. The fraction of sp³-hybridized carbons (Fsp3) is 0.296. The number of halogens is 2. The molecule has 210 valence electrons. The molecule has 0 radical (unpaired) electrons. The van der Waals surface area contributed by atoms with Gasteiger partial charge in [-0.1, -0.05) is 6.92 Å². The number of benzene rings is 1. The molecule has 0 amide bonds. The fourth-order valence-corrected chi connectivity index (χ4v) is 5.70. The maximum Gasteiger partial charge on any atom is 0.301 e. The van der Waals surface area contributed by atoms with Gasteiger partial charge in [-0.25, -0.2) is 13.8 Å². The molecule has 0 bridgehead atoms. The summed E-state index contributed by atoms with van der Waals surface area (Å²) in [5.41, 5.74) is -0.257. The van der Waals surface area contributed by atoms with Gasteiger partial charge in [0.25, 0.3) is 5.56 Å². The molecule has 10 nitrogen and oxygen atoms in total. The molecule has 1 aromatic carbocycles. The zero-order chi connectivity index (χ0) is 28.6. The van der Waals surface area contributed by atoms with Gasteiger partial charge in [0.15, 0.2) is 5.82 Å². The Labute approximate surface area is 229 Å². The first-order valence-corrected chi connectivity index (χ1v) is 14.2. The molecule has 3 N–H and O–H groups in total. The summed E-state index contributed by atoms with van der Waals surface area (Å²) in [6, 6.07) is 6.78. The Bertz CT molecular complexity index is 1760. The lowest BCUT2D eigenvalue weighted by molar-refractivity contribution is 0.103. The molecule has 1 saturated heterocycles. The van der Waals surface area contributed by atoms with Crippen molar-refractivity contribution in [1.82, 2.24) is 24.2 Å². The van der Waals surface area contributed by atoms with Crippen molar-refractivity contribution < 1.29 is 22.0 Å². The van der Waals surface area contributed by atoms with Crippen LogP contribution in [-0.2, 0) is 10.2 Å². The van der Waals surface area contributed by atoms with Crippen molar-refractivity contribution in [2.45, 2.75) is 25.8 Å². The second-order valence-corrected chi connectivity index (χ2v) is 11.4. The molecule has 13 heteroatoms. The lowest BCUT2D eigenvalue weighted by Crippen LogP contribution is -2.33. The molecule has 5 rings (SSSR count). The number of fused-ring (bicyclic) bond motifs is 1. The molecule has 1 aliphatic heterocycles. The van der Waals surface area contributed by atoms with E-state index in [1.807, 2.05) is 0 Å². The molecule has 1 fully saturated rings. The number of aromatic nitrogens is 3. The highest BCUT2D eigenvalue weighted by atomic mass is 32.2. The number of nitrogens with zero attached hydrogens (tertiary/aromatic N) is 3. The van der Waals surface area contributed by atoms with E-state index in [1.165, 1.54) is 25.5 Å². The van der Waals surface area contributed by atoms with Crippen LogP contribution in [-0.4, -0.2) is 59.7 Å².